The molecule has 130 valence electrons. The number of benzene rings is 1. The maximum Gasteiger partial charge on any atom is 0.146 e. The molecule has 2 unspecified atom stereocenters. The lowest BCUT2D eigenvalue weighted by atomic mass is 10.1. The molecule has 0 amide bonds. The summed E-state index contributed by atoms with van der Waals surface area (Å²) in [5.41, 5.74) is 1.59. The maximum absolute atomic E-state index is 14.5. The second-order valence-corrected chi connectivity index (χ2v) is 6.77. The van der Waals surface area contributed by atoms with E-state index in [1.165, 1.54) is 0 Å². The summed E-state index contributed by atoms with van der Waals surface area (Å²) in [6, 6.07) is 5.75. The van der Waals surface area contributed by atoms with E-state index < -0.39 is 0 Å². The van der Waals surface area contributed by atoms with Crippen LogP contribution >= 0.6 is 11.8 Å². The Morgan fingerprint density at radius 1 is 1.39 bits per heavy atom. The molecule has 0 bridgehead atoms. The molecule has 2 atom stereocenters. The van der Waals surface area contributed by atoms with Gasteiger partial charge in [0.05, 0.1) is 18.9 Å². The molecule has 2 N–H and O–H groups in total. The van der Waals surface area contributed by atoms with Crippen LogP contribution in [0.15, 0.2) is 18.2 Å². The largest absolute Gasteiger partial charge is 0.396 e. The zero-order valence-corrected chi connectivity index (χ0v) is 14.7. The van der Waals surface area contributed by atoms with Crippen molar-refractivity contribution in [1.82, 2.24) is 5.32 Å². The van der Waals surface area contributed by atoms with Crippen LogP contribution in [0.2, 0.25) is 0 Å². The number of anilines is 1. The average Bonchev–Trinajstić information content (AvgIpc) is 2.56. The summed E-state index contributed by atoms with van der Waals surface area (Å²) >= 11 is 1.75. The van der Waals surface area contributed by atoms with Gasteiger partial charge < -0.3 is 20.1 Å². The highest BCUT2D eigenvalue weighted by molar-refractivity contribution is 7.98. The summed E-state index contributed by atoms with van der Waals surface area (Å²) in [7, 11) is 0. The number of hydrogen-bond acceptors (Lipinski definition) is 5. The van der Waals surface area contributed by atoms with Crippen LogP contribution < -0.4 is 10.2 Å². The summed E-state index contributed by atoms with van der Waals surface area (Å²) in [5, 5.41) is 12.6. The second kappa shape index (κ2) is 9.47. The van der Waals surface area contributed by atoms with Crippen LogP contribution in [0, 0.1) is 5.82 Å². The van der Waals surface area contributed by atoms with Crippen molar-refractivity contribution in [2.24, 2.45) is 0 Å². The highest BCUT2D eigenvalue weighted by Crippen LogP contribution is 2.24. The van der Waals surface area contributed by atoms with Gasteiger partial charge in [0.1, 0.15) is 5.82 Å². The molecule has 1 saturated heterocycles. The maximum atomic E-state index is 14.5. The Morgan fingerprint density at radius 3 is 2.74 bits per heavy atom. The number of thioether (sulfide) groups is 1. The normalized spacial score (nSPS) is 18.0. The fourth-order valence-corrected chi connectivity index (χ4v) is 3.54. The second-order valence-electron chi connectivity index (χ2n) is 5.86. The SMILES string of the molecule is CSCC(CCO)NC(C)c1ccc(N2CCOCC2)c(F)c1. The Labute approximate surface area is 142 Å². The van der Waals surface area contributed by atoms with E-state index in [1.54, 1.807) is 17.8 Å². The Morgan fingerprint density at radius 2 is 2.13 bits per heavy atom. The van der Waals surface area contributed by atoms with E-state index in [9.17, 15) is 4.39 Å². The molecule has 6 heteroatoms. The van der Waals surface area contributed by atoms with Crippen LogP contribution in [-0.4, -0.2) is 56.1 Å². The number of aliphatic hydroxyl groups is 1. The molecule has 0 radical (unpaired) electrons. The standard InChI is InChI=1S/C17H27FN2O2S/c1-13(19-15(5-8-21)12-23-2)14-3-4-17(16(18)11-14)20-6-9-22-10-7-20/h3-4,11,13,15,19,21H,5-10,12H2,1-2H3. The third kappa shape index (κ3) is 5.35. The van der Waals surface area contributed by atoms with E-state index in [-0.39, 0.29) is 24.5 Å². The van der Waals surface area contributed by atoms with Crippen LogP contribution in [0.1, 0.15) is 24.9 Å². The zero-order valence-electron chi connectivity index (χ0n) is 13.9. The lowest BCUT2D eigenvalue weighted by Gasteiger charge is -2.29. The van der Waals surface area contributed by atoms with Gasteiger partial charge in [-0.05, 0) is 37.3 Å². The molecule has 23 heavy (non-hydrogen) atoms. The molecule has 0 saturated carbocycles. The first-order chi connectivity index (χ1) is 11.2. The molecule has 0 aromatic heterocycles. The number of nitrogens with one attached hydrogen (secondary N) is 1. The summed E-state index contributed by atoms with van der Waals surface area (Å²) in [6.45, 7) is 4.96. The molecule has 1 aliphatic rings. The Bertz CT molecular complexity index is 478. The Kier molecular flexibility index (Phi) is 7.62. The third-order valence-electron chi connectivity index (χ3n) is 4.15. The van der Waals surface area contributed by atoms with Crippen LogP contribution in [0.4, 0.5) is 10.1 Å². The monoisotopic (exact) mass is 342 g/mol. The van der Waals surface area contributed by atoms with Crippen molar-refractivity contribution in [2.45, 2.75) is 25.4 Å². The van der Waals surface area contributed by atoms with Crippen molar-refractivity contribution < 1.29 is 14.2 Å². The van der Waals surface area contributed by atoms with Gasteiger partial charge in [0.15, 0.2) is 0 Å². The van der Waals surface area contributed by atoms with Crippen LogP contribution in [0.5, 0.6) is 0 Å². The first-order valence-corrected chi connectivity index (χ1v) is 9.53. The van der Waals surface area contributed by atoms with E-state index in [4.69, 9.17) is 9.84 Å². The van der Waals surface area contributed by atoms with Crippen molar-refractivity contribution >= 4 is 17.4 Å². The summed E-state index contributed by atoms with van der Waals surface area (Å²) in [5.74, 6) is 0.751. The minimum atomic E-state index is -0.179. The molecule has 1 aromatic carbocycles. The number of ether oxygens (including phenoxy) is 1. The van der Waals surface area contributed by atoms with Crippen LogP contribution in [0.3, 0.4) is 0 Å². The van der Waals surface area contributed by atoms with Crippen molar-refractivity contribution in [1.29, 1.82) is 0 Å². The van der Waals surface area contributed by atoms with Gasteiger partial charge in [-0.25, -0.2) is 4.39 Å². The molecule has 1 aliphatic heterocycles. The predicted molar refractivity (Wildman–Crippen MR) is 94.9 cm³/mol. The highest BCUT2D eigenvalue weighted by atomic mass is 32.2. The van der Waals surface area contributed by atoms with Gasteiger partial charge in [0.25, 0.3) is 0 Å². The number of morpholine rings is 1. The van der Waals surface area contributed by atoms with Crippen LogP contribution in [0.25, 0.3) is 0 Å². The molecule has 0 aliphatic carbocycles. The minimum Gasteiger partial charge on any atom is -0.396 e. The highest BCUT2D eigenvalue weighted by Gasteiger charge is 2.18. The molecule has 0 spiro atoms. The Hall–Kier alpha value is -0.820. The average molecular weight is 342 g/mol. The van der Waals surface area contributed by atoms with Gasteiger partial charge >= 0.3 is 0 Å². The van der Waals surface area contributed by atoms with Gasteiger partial charge in [-0.1, -0.05) is 6.07 Å². The molecular weight excluding hydrogens is 315 g/mol. The van der Waals surface area contributed by atoms with Gasteiger partial charge in [-0.15, -0.1) is 0 Å². The number of rotatable bonds is 8. The zero-order chi connectivity index (χ0) is 16.7. The summed E-state index contributed by atoms with van der Waals surface area (Å²) in [4.78, 5) is 2.03. The first-order valence-electron chi connectivity index (χ1n) is 8.13. The fraction of sp³-hybridized carbons (Fsp3) is 0.647. The van der Waals surface area contributed by atoms with E-state index >= 15 is 0 Å². The molecule has 1 heterocycles. The lowest BCUT2D eigenvalue weighted by molar-refractivity contribution is 0.122. The third-order valence-corrected chi connectivity index (χ3v) is 4.89. The number of nitrogens with zero attached hydrogens (tertiary/aromatic N) is 1. The van der Waals surface area contributed by atoms with Gasteiger partial charge in [-0.2, -0.15) is 11.8 Å². The van der Waals surface area contributed by atoms with E-state index in [0.717, 1.165) is 24.4 Å². The van der Waals surface area contributed by atoms with E-state index in [2.05, 4.69) is 5.32 Å². The van der Waals surface area contributed by atoms with E-state index in [1.807, 2.05) is 30.2 Å². The number of aliphatic hydroxyl groups excluding tert-OH is 1. The summed E-state index contributed by atoms with van der Waals surface area (Å²) in [6.07, 6.45) is 2.76. The van der Waals surface area contributed by atoms with Gasteiger partial charge in [0, 0.05) is 37.5 Å². The Balaban J connectivity index is 2.03. The smallest absolute Gasteiger partial charge is 0.146 e. The van der Waals surface area contributed by atoms with Crippen LogP contribution in [-0.2, 0) is 4.74 Å². The molecule has 4 nitrogen and oxygen atoms in total. The first kappa shape index (κ1) is 18.5. The van der Waals surface area contributed by atoms with Crippen molar-refractivity contribution in [2.75, 3.05) is 49.8 Å². The van der Waals surface area contributed by atoms with E-state index in [0.29, 0.717) is 25.3 Å². The number of halogens is 1. The topological polar surface area (TPSA) is 44.7 Å². The van der Waals surface area contributed by atoms with Gasteiger partial charge in [0.2, 0.25) is 0 Å². The quantitative estimate of drug-likeness (QED) is 0.760. The van der Waals surface area contributed by atoms with Gasteiger partial charge in [-0.3, -0.25) is 0 Å². The predicted octanol–water partition coefficient (Wildman–Crippen LogP) is 2.43. The molecule has 2 rings (SSSR count). The molecule has 1 aromatic rings. The minimum absolute atomic E-state index is 0.0481. The summed E-state index contributed by atoms with van der Waals surface area (Å²) < 4.78 is 19.8. The van der Waals surface area contributed by atoms with Crippen molar-refractivity contribution in [3.05, 3.63) is 29.6 Å². The van der Waals surface area contributed by atoms with Crippen molar-refractivity contribution in [3.63, 3.8) is 0 Å². The fourth-order valence-electron chi connectivity index (χ4n) is 2.87. The molecule has 1 fully saturated rings. The molecular formula is C17H27FN2O2S. The number of hydrogen-bond donors (Lipinski definition) is 2. The van der Waals surface area contributed by atoms with Crippen molar-refractivity contribution in [3.8, 4) is 0 Å². The lowest BCUT2D eigenvalue weighted by Crippen LogP contribution is -2.37.